The standard InChI is InChI=1S/C8H13N3O/c1-5(12)7(10)8-6(9)3-2-4-11-8/h2-5,7,12H,9-10H2,1H3/t5-,7+/m0/s1. The van der Waals surface area contributed by atoms with Crippen molar-refractivity contribution in [2.24, 2.45) is 5.73 Å². The molecule has 1 heterocycles. The molecule has 0 spiro atoms. The molecule has 0 aliphatic rings. The van der Waals surface area contributed by atoms with Gasteiger partial charge < -0.3 is 16.6 Å². The Kier molecular flexibility index (Phi) is 2.62. The second kappa shape index (κ2) is 3.51. The van der Waals surface area contributed by atoms with Crippen molar-refractivity contribution in [3.63, 3.8) is 0 Å². The average Bonchev–Trinajstić information content (AvgIpc) is 2.04. The van der Waals surface area contributed by atoms with E-state index in [0.29, 0.717) is 11.4 Å². The zero-order chi connectivity index (χ0) is 9.14. The summed E-state index contributed by atoms with van der Waals surface area (Å²) in [6.07, 6.45) is 0.968. The maximum atomic E-state index is 9.18. The van der Waals surface area contributed by atoms with Crippen molar-refractivity contribution in [3.05, 3.63) is 24.0 Å². The van der Waals surface area contributed by atoms with Crippen LogP contribution in [0.1, 0.15) is 18.7 Å². The number of hydrogen-bond donors (Lipinski definition) is 3. The summed E-state index contributed by atoms with van der Waals surface area (Å²) in [4.78, 5) is 3.99. The normalized spacial score (nSPS) is 15.6. The summed E-state index contributed by atoms with van der Waals surface area (Å²) < 4.78 is 0. The molecule has 0 aliphatic heterocycles. The van der Waals surface area contributed by atoms with Gasteiger partial charge in [-0.15, -0.1) is 0 Å². The van der Waals surface area contributed by atoms with Crippen molar-refractivity contribution < 1.29 is 5.11 Å². The van der Waals surface area contributed by atoms with Crippen molar-refractivity contribution >= 4 is 5.69 Å². The van der Waals surface area contributed by atoms with Crippen molar-refractivity contribution in [2.75, 3.05) is 5.73 Å². The average molecular weight is 167 g/mol. The molecule has 1 aromatic rings. The Hall–Kier alpha value is -1.13. The van der Waals surface area contributed by atoms with Gasteiger partial charge in [0.15, 0.2) is 0 Å². The minimum atomic E-state index is -0.637. The zero-order valence-corrected chi connectivity index (χ0v) is 6.94. The molecule has 0 radical (unpaired) electrons. The summed E-state index contributed by atoms with van der Waals surface area (Å²) in [7, 11) is 0. The fourth-order valence-corrected chi connectivity index (χ4v) is 0.937. The van der Waals surface area contributed by atoms with E-state index < -0.39 is 12.1 Å². The van der Waals surface area contributed by atoms with Gasteiger partial charge >= 0.3 is 0 Å². The van der Waals surface area contributed by atoms with Crippen molar-refractivity contribution in [3.8, 4) is 0 Å². The third kappa shape index (κ3) is 1.72. The third-order valence-electron chi connectivity index (χ3n) is 1.71. The van der Waals surface area contributed by atoms with Gasteiger partial charge in [-0.3, -0.25) is 4.98 Å². The first-order valence-corrected chi connectivity index (χ1v) is 3.77. The second-order valence-corrected chi connectivity index (χ2v) is 2.74. The van der Waals surface area contributed by atoms with Gasteiger partial charge in [0.25, 0.3) is 0 Å². The molecule has 4 nitrogen and oxygen atoms in total. The predicted octanol–water partition coefficient (Wildman–Crippen LogP) is 0.0444. The number of aliphatic hydroxyl groups is 1. The molecule has 0 aliphatic carbocycles. The fourth-order valence-electron chi connectivity index (χ4n) is 0.937. The van der Waals surface area contributed by atoms with Crippen LogP contribution < -0.4 is 11.5 Å². The molecule has 0 fully saturated rings. The van der Waals surface area contributed by atoms with Crippen LogP contribution in [0.4, 0.5) is 5.69 Å². The quantitative estimate of drug-likeness (QED) is 0.580. The molecule has 2 atom stereocenters. The summed E-state index contributed by atoms with van der Waals surface area (Å²) in [5, 5.41) is 9.18. The predicted molar refractivity (Wildman–Crippen MR) is 47.3 cm³/mol. The number of nitrogens with zero attached hydrogens (tertiary/aromatic N) is 1. The number of nitrogens with two attached hydrogens (primary N) is 2. The molecule has 12 heavy (non-hydrogen) atoms. The molecule has 4 heteroatoms. The zero-order valence-electron chi connectivity index (χ0n) is 6.94. The smallest absolute Gasteiger partial charge is 0.0826 e. The number of nitrogen functional groups attached to an aromatic ring is 1. The SMILES string of the molecule is C[C@H](O)[C@@H](N)c1ncccc1N. The highest BCUT2D eigenvalue weighted by Gasteiger charge is 2.15. The maximum absolute atomic E-state index is 9.18. The highest BCUT2D eigenvalue weighted by Crippen LogP contribution is 2.17. The van der Waals surface area contributed by atoms with Crippen LogP contribution in [0.5, 0.6) is 0 Å². The van der Waals surface area contributed by atoms with Crippen LogP contribution in [0.15, 0.2) is 18.3 Å². The van der Waals surface area contributed by atoms with E-state index in [1.165, 1.54) is 0 Å². The fraction of sp³-hybridized carbons (Fsp3) is 0.375. The Balaban J connectivity index is 2.94. The first-order valence-electron chi connectivity index (χ1n) is 3.77. The topological polar surface area (TPSA) is 85.2 Å². The highest BCUT2D eigenvalue weighted by atomic mass is 16.3. The molecule has 0 bridgehead atoms. The van der Waals surface area contributed by atoms with Crippen LogP contribution in [0.2, 0.25) is 0 Å². The number of aliphatic hydroxyl groups excluding tert-OH is 1. The number of pyridine rings is 1. The van der Waals surface area contributed by atoms with Crippen LogP contribution in [-0.4, -0.2) is 16.2 Å². The Morgan fingerprint density at radius 3 is 2.75 bits per heavy atom. The van der Waals surface area contributed by atoms with Crippen LogP contribution in [-0.2, 0) is 0 Å². The largest absolute Gasteiger partial charge is 0.397 e. The second-order valence-electron chi connectivity index (χ2n) is 2.74. The van der Waals surface area contributed by atoms with E-state index >= 15 is 0 Å². The van der Waals surface area contributed by atoms with Crippen LogP contribution in [0, 0.1) is 0 Å². The summed E-state index contributed by atoms with van der Waals surface area (Å²) in [6.45, 7) is 1.61. The van der Waals surface area contributed by atoms with Gasteiger partial charge in [0.2, 0.25) is 0 Å². The van der Waals surface area contributed by atoms with Crippen LogP contribution >= 0.6 is 0 Å². The first-order chi connectivity index (χ1) is 5.63. The third-order valence-corrected chi connectivity index (χ3v) is 1.71. The van der Waals surface area contributed by atoms with Crippen molar-refractivity contribution in [1.29, 1.82) is 0 Å². The lowest BCUT2D eigenvalue weighted by Crippen LogP contribution is -2.25. The van der Waals surface area contributed by atoms with Gasteiger partial charge in [0.05, 0.1) is 23.5 Å². The number of rotatable bonds is 2. The summed E-state index contributed by atoms with van der Waals surface area (Å²) in [5.74, 6) is 0. The van der Waals surface area contributed by atoms with Gasteiger partial charge in [-0.1, -0.05) is 0 Å². The van der Waals surface area contributed by atoms with E-state index in [1.807, 2.05) is 0 Å². The van der Waals surface area contributed by atoms with Gasteiger partial charge in [-0.2, -0.15) is 0 Å². The first kappa shape index (κ1) is 8.96. The Morgan fingerprint density at radius 2 is 2.25 bits per heavy atom. The van der Waals surface area contributed by atoms with E-state index in [9.17, 15) is 5.11 Å². The van der Waals surface area contributed by atoms with Crippen LogP contribution in [0.25, 0.3) is 0 Å². The van der Waals surface area contributed by atoms with E-state index in [1.54, 1.807) is 25.3 Å². The lowest BCUT2D eigenvalue weighted by molar-refractivity contribution is 0.163. The molecule has 1 rings (SSSR count). The van der Waals surface area contributed by atoms with Gasteiger partial charge in [0, 0.05) is 6.20 Å². The Morgan fingerprint density at radius 1 is 1.58 bits per heavy atom. The number of hydrogen-bond acceptors (Lipinski definition) is 4. The summed E-state index contributed by atoms with van der Waals surface area (Å²) in [6, 6.07) is 2.93. The Labute approximate surface area is 71.2 Å². The van der Waals surface area contributed by atoms with Gasteiger partial charge in [-0.25, -0.2) is 0 Å². The molecule has 0 amide bonds. The molecule has 0 saturated heterocycles. The number of anilines is 1. The van der Waals surface area contributed by atoms with E-state index in [2.05, 4.69) is 4.98 Å². The van der Waals surface area contributed by atoms with E-state index in [0.717, 1.165) is 0 Å². The highest BCUT2D eigenvalue weighted by molar-refractivity contribution is 5.43. The minimum absolute atomic E-state index is 0.508. The molecule has 5 N–H and O–H groups in total. The molecule has 0 aromatic carbocycles. The lowest BCUT2D eigenvalue weighted by atomic mass is 10.1. The number of aromatic nitrogens is 1. The van der Waals surface area contributed by atoms with Crippen molar-refractivity contribution in [2.45, 2.75) is 19.1 Å². The molecule has 66 valence electrons. The summed E-state index contributed by atoms with van der Waals surface area (Å²) >= 11 is 0. The monoisotopic (exact) mass is 167 g/mol. The molecule has 0 unspecified atom stereocenters. The lowest BCUT2D eigenvalue weighted by Gasteiger charge is -2.15. The van der Waals surface area contributed by atoms with E-state index in [4.69, 9.17) is 11.5 Å². The Bertz CT molecular complexity index is 262. The van der Waals surface area contributed by atoms with Gasteiger partial charge in [-0.05, 0) is 19.1 Å². The molecular formula is C8H13N3O. The molecule has 0 saturated carbocycles. The molecule has 1 aromatic heterocycles. The molecular weight excluding hydrogens is 154 g/mol. The summed E-state index contributed by atoms with van der Waals surface area (Å²) in [5.41, 5.74) is 12.3. The van der Waals surface area contributed by atoms with Crippen molar-refractivity contribution in [1.82, 2.24) is 4.98 Å². The van der Waals surface area contributed by atoms with Crippen LogP contribution in [0.3, 0.4) is 0 Å². The maximum Gasteiger partial charge on any atom is 0.0826 e. The van der Waals surface area contributed by atoms with E-state index in [-0.39, 0.29) is 0 Å². The van der Waals surface area contributed by atoms with Gasteiger partial charge in [0.1, 0.15) is 0 Å². The minimum Gasteiger partial charge on any atom is -0.397 e.